The number of urea groups is 1. The zero-order chi connectivity index (χ0) is 21.8. The standard InChI is InChI=1S/C23H18N4O4/c28-13-15-1-3-16(4-2-15)21(29)27-23(31)25-17-5-6-18-19(22(30)26-20(18)12-17)11-14-7-9-24-10-8-14/h1-12,28H,13H2,(H,26,30)(H2,25,27,29,31)/b19-11-. The van der Waals surface area contributed by atoms with Crippen molar-refractivity contribution in [1.82, 2.24) is 10.3 Å². The van der Waals surface area contributed by atoms with Crippen molar-refractivity contribution >= 4 is 40.9 Å². The normalized spacial score (nSPS) is 13.5. The van der Waals surface area contributed by atoms with Crippen LogP contribution in [0.2, 0.25) is 0 Å². The molecule has 31 heavy (non-hydrogen) atoms. The molecule has 154 valence electrons. The van der Waals surface area contributed by atoms with Crippen molar-refractivity contribution < 1.29 is 19.5 Å². The Morgan fingerprint density at radius 2 is 1.77 bits per heavy atom. The van der Waals surface area contributed by atoms with Crippen molar-refractivity contribution in [2.75, 3.05) is 10.6 Å². The van der Waals surface area contributed by atoms with E-state index in [9.17, 15) is 14.4 Å². The van der Waals surface area contributed by atoms with Gasteiger partial charge in [0.05, 0.1) is 12.3 Å². The van der Waals surface area contributed by atoms with Gasteiger partial charge in [-0.1, -0.05) is 18.2 Å². The Labute approximate surface area is 177 Å². The van der Waals surface area contributed by atoms with Gasteiger partial charge in [0.1, 0.15) is 0 Å². The van der Waals surface area contributed by atoms with Crippen LogP contribution >= 0.6 is 0 Å². The summed E-state index contributed by atoms with van der Waals surface area (Å²) in [5, 5.41) is 16.7. The smallest absolute Gasteiger partial charge is 0.326 e. The molecule has 1 aliphatic heterocycles. The van der Waals surface area contributed by atoms with Crippen LogP contribution in [0.5, 0.6) is 0 Å². The lowest BCUT2D eigenvalue weighted by molar-refractivity contribution is -0.110. The Balaban J connectivity index is 1.45. The topological polar surface area (TPSA) is 120 Å². The third kappa shape index (κ3) is 4.49. The first-order valence-corrected chi connectivity index (χ1v) is 9.43. The summed E-state index contributed by atoms with van der Waals surface area (Å²) in [5.74, 6) is -0.811. The molecule has 0 saturated heterocycles. The molecule has 8 nitrogen and oxygen atoms in total. The number of benzene rings is 2. The van der Waals surface area contributed by atoms with Crippen LogP contribution in [0.3, 0.4) is 0 Å². The molecule has 4 rings (SSSR count). The number of amides is 4. The predicted molar refractivity (Wildman–Crippen MR) is 116 cm³/mol. The number of nitrogens with zero attached hydrogens (tertiary/aromatic N) is 1. The van der Waals surface area contributed by atoms with Gasteiger partial charge in [-0.25, -0.2) is 4.79 Å². The molecule has 0 unspecified atom stereocenters. The third-order valence-corrected chi connectivity index (χ3v) is 4.70. The number of aliphatic hydroxyl groups is 1. The molecule has 0 bridgehead atoms. The monoisotopic (exact) mass is 414 g/mol. The van der Waals surface area contributed by atoms with Crippen LogP contribution < -0.4 is 16.0 Å². The maximum atomic E-state index is 12.4. The Kier molecular flexibility index (Phi) is 5.55. The first-order valence-electron chi connectivity index (χ1n) is 9.43. The van der Waals surface area contributed by atoms with E-state index in [1.54, 1.807) is 60.9 Å². The maximum absolute atomic E-state index is 12.4. The van der Waals surface area contributed by atoms with Crippen molar-refractivity contribution in [3.05, 3.63) is 89.2 Å². The lowest BCUT2D eigenvalue weighted by atomic mass is 10.0. The quantitative estimate of drug-likeness (QED) is 0.489. The fourth-order valence-corrected chi connectivity index (χ4v) is 3.14. The van der Waals surface area contributed by atoms with E-state index in [-0.39, 0.29) is 12.5 Å². The highest BCUT2D eigenvalue weighted by Crippen LogP contribution is 2.35. The second kappa shape index (κ2) is 8.60. The summed E-state index contributed by atoms with van der Waals surface area (Å²) < 4.78 is 0. The average molecular weight is 414 g/mol. The molecule has 0 radical (unpaired) electrons. The van der Waals surface area contributed by atoms with Gasteiger partial charge in [0.15, 0.2) is 0 Å². The summed E-state index contributed by atoms with van der Waals surface area (Å²) in [5.41, 5.74) is 4.02. The molecular weight excluding hydrogens is 396 g/mol. The zero-order valence-corrected chi connectivity index (χ0v) is 16.3. The van der Waals surface area contributed by atoms with Crippen LogP contribution in [0.4, 0.5) is 16.2 Å². The first kappa shape index (κ1) is 20.0. The van der Waals surface area contributed by atoms with E-state index in [1.165, 1.54) is 12.1 Å². The Morgan fingerprint density at radius 3 is 2.48 bits per heavy atom. The van der Waals surface area contributed by atoms with Crippen molar-refractivity contribution in [2.24, 2.45) is 0 Å². The molecule has 2 heterocycles. The number of carbonyl (C=O) groups excluding carboxylic acids is 3. The summed E-state index contributed by atoms with van der Waals surface area (Å²) in [7, 11) is 0. The molecule has 0 saturated carbocycles. The highest BCUT2D eigenvalue weighted by molar-refractivity contribution is 6.35. The molecule has 1 aliphatic rings. The third-order valence-electron chi connectivity index (χ3n) is 4.70. The van der Waals surface area contributed by atoms with E-state index in [1.807, 2.05) is 0 Å². The molecule has 0 aliphatic carbocycles. The fraction of sp³-hybridized carbons (Fsp3) is 0.0435. The molecule has 8 heteroatoms. The van der Waals surface area contributed by atoms with E-state index in [4.69, 9.17) is 5.11 Å². The van der Waals surface area contributed by atoms with Crippen molar-refractivity contribution in [1.29, 1.82) is 0 Å². The maximum Gasteiger partial charge on any atom is 0.326 e. The van der Waals surface area contributed by atoms with Crippen molar-refractivity contribution in [3.8, 4) is 0 Å². The van der Waals surface area contributed by atoms with Gasteiger partial charge in [-0.2, -0.15) is 0 Å². The fourth-order valence-electron chi connectivity index (χ4n) is 3.14. The van der Waals surface area contributed by atoms with E-state index < -0.39 is 11.9 Å². The largest absolute Gasteiger partial charge is 0.392 e. The summed E-state index contributed by atoms with van der Waals surface area (Å²) in [6, 6.07) is 14.2. The van der Waals surface area contributed by atoms with Gasteiger partial charge in [-0.3, -0.25) is 19.9 Å². The lowest BCUT2D eigenvalue weighted by Crippen LogP contribution is -2.34. The summed E-state index contributed by atoms with van der Waals surface area (Å²) in [6.45, 7) is -0.128. The van der Waals surface area contributed by atoms with E-state index in [2.05, 4.69) is 20.9 Å². The number of fused-ring (bicyclic) bond motifs is 1. The highest BCUT2D eigenvalue weighted by Gasteiger charge is 2.24. The van der Waals surface area contributed by atoms with E-state index in [0.717, 1.165) is 5.56 Å². The number of anilines is 2. The number of imide groups is 1. The SMILES string of the molecule is O=C(NC(=O)c1ccc(CO)cc1)Nc1ccc2c(c1)NC(=O)/C2=C\c1ccncc1. The van der Waals surface area contributed by atoms with Gasteiger partial charge < -0.3 is 15.7 Å². The number of aliphatic hydroxyl groups excluding tert-OH is 1. The van der Waals surface area contributed by atoms with Crippen LogP contribution in [0.1, 0.15) is 27.0 Å². The summed E-state index contributed by atoms with van der Waals surface area (Å²) in [4.78, 5) is 40.7. The minimum Gasteiger partial charge on any atom is -0.392 e. The van der Waals surface area contributed by atoms with Crippen LogP contribution in [0.15, 0.2) is 67.0 Å². The Bertz CT molecular complexity index is 1190. The molecule has 1 aromatic heterocycles. The molecule has 4 amide bonds. The van der Waals surface area contributed by atoms with Crippen LogP contribution in [-0.2, 0) is 11.4 Å². The first-order chi connectivity index (χ1) is 15.0. The van der Waals surface area contributed by atoms with Gasteiger partial charge in [0.25, 0.3) is 11.8 Å². The van der Waals surface area contributed by atoms with Gasteiger partial charge >= 0.3 is 6.03 Å². The second-order valence-corrected chi connectivity index (χ2v) is 6.82. The van der Waals surface area contributed by atoms with Crippen LogP contribution in [0.25, 0.3) is 11.6 Å². The van der Waals surface area contributed by atoms with Crippen molar-refractivity contribution in [3.63, 3.8) is 0 Å². The molecule has 0 atom stereocenters. The molecule has 4 N–H and O–H groups in total. The molecule has 0 fully saturated rings. The van der Waals surface area contributed by atoms with Crippen LogP contribution in [0, 0.1) is 0 Å². The predicted octanol–water partition coefficient (Wildman–Crippen LogP) is 3.03. The van der Waals surface area contributed by atoms with E-state index >= 15 is 0 Å². The molecule has 0 spiro atoms. The number of aromatic nitrogens is 1. The van der Waals surface area contributed by atoms with Gasteiger partial charge in [0, 0.05) is 34.8 Å². The second-order valence-electron chi connectivity index (χ2n) is 6.82. The average Bonchev–Trinajstić information content (AvgIpc) is 3.08. The number of hydrogen-bond donors (Lipinski definition) is 4. The lowest BCUT2D eigenvalue weighted by Gasteiger charge is -2.08. The number of hydrogen-bond acceptors (Lipinski definition) is 5. The van der Waals surface area contributed by atoms with Gasteiger partial charge in [0.2, 0.25) is 0 Å². The van der Waals surface area contributed by atoms with Gasteiger partial charge in [-0.15, -0.1) is 0 Å². The Hall–Kier alpha value is -4.30. The number of carbonyl (C=O) groups is 3. The number of nitrogens with one attached hydrogen (secondary N) is 3. The van der Waals surface area contributed by atoms with Crippen molar-refractivity contribution in [2.45, 2.75) is 6.61 Å². The number of rotatable bonds is 4. The molecule has 3 aromatic rings. The minimum atomic E-state index is -0.701. The summed E-state index contributed by atoms with van der Waals surface area (Å²) in [6.07, 6.45) is 5.06. The van der Waals surface area contributed by atoms with E-state index in [0.29, 0.717) is 33.6 Å². The highest BCUT2D eigenvalue weighted by atomic mass is 16.3. The summed E-state index contributed by atoms with van der Waals surface area (Å²) >= 11 is 0. The molecule has 2 aromatic carbocycles. The minimum absolute atomic E-state index is 0.128. The zero-order valence-electron chi connectivity index (χ0n) is 16.3. The number of pyridine rings is 1. The molecular formula is C23H18N4O4. The van der Waals surface area contributed by atoms with Gasteiger partial charge in [-0.05, 0) is 53.6 Å². The Morgan fingerprint density at radius 1 is 1.03 bits per heavy atom. The van der Waals surface area contributed by atoms with Crippen LogP contribution in [-0.4, -0.2) is 27.9 Å².